The van der Waals surface area contributed by atoms with Crippen molar-refractivity contribution in [3.05, 3.63) is 22.8 Å². The van der Waals surface area contributed by atoms with Crippen LogP contribution in [0.5, 0.6) is 0 Å². The first-order valence-corrected chi connectivity index (χ1v) is 5.56. The molecular weight excluding hydrogens is 228 g/mol. The fourth-order valence-corrected chi connectivity index (χ4v) is 1.95. The van der Waals surface area contributed by atoms with Gasteiger partial charge < -0.3 is 10.5 Å². The van der Waals surface area contributed by atoms with Crippen LogP contribution >= 0.6 is 11.6 Å². The molecule has 0 spiro atoms. The maximum atomic E-state index is 11.9. The molecule has 1 saturated heterocycles. The van der Waals surface area contributed by atoms with Crippen LogP contribution in [0, 0.1) is 5.92 Å². The second-order valence-electron chi connectivity index (χ2n) is 3.94. The molecule has 86 valence electrons. The maximum Gasteiger partial charge on any atom is 0.166 e. The van der Waals surface area contributed by atoms with Gasteiger partial charge in [0.1, 0.15) is 5.82 Å². The van der Waals surface area contributed by atoms with Crippen LogP contribution in [0.1, 0.15) is 23.2 Å². The van der Waals surface area contributed by atoms with Crippen molar-refractivity contribution in [2.45, 2.75) is 12.8 Å². The van der Waals surface area contributed by atoms with Crippen molar-refractivity contribution in [2.24, 2.45) is 5.92 Å². The van der Waals surface area contributed by atoms with Crippen LogP contribution in [0.15, 0.2) is 12.3 Å². The van der Waals surface area contributed by atoms with E-state index in [-0.39, 0.29) is 11.6 Å². The molecule has 1 unspecified atom stereocenters. The highest BCUT2D eigenvalue weighted by Crippen LogP contribution is 2.22. The van der Waals surface area contributed by atoms with E-state index >= 15 is 0 Å². The predicted molar refractivity (Wildman–Crippen MR) is 61.5 cm³/mol. The molecule has 4 nitrogen and oxygen atoms in total. The lowest BCUT2D eigenvalue weighted by atomic mass is 9.98. The average molecular weight is 241 g/mol. The summed E-state index contributed by atoms with van der Waals surface area (Å²) in [5.41, 5.74) is 6.06. The third-order valence-electron chi connectivity index (χ3n) is 2.68. The zero-order chi connectivity index (χ0) is 11.5. The molecule has 0 aromatic carbocycles. The minimum atomic E-state index is -0.0111. The number of Topliss-reactive ketones (excluding diaryl/α,β-unsaturated/α-hetero) is 1. The number of hydrogen-bond donors (Lipinski definition) is 1. The topological polar surface area (TPSA) is 65.2 Å². The lowest BCUT2D eigenvalue weighted by Crippen LogP contribution is -2.11. The molecule has 2 N–H and O–H groups in total. The molecule has 2 heterocycles. The van der Waals surface area contributed by atoms with Crippen molar-refractivity contribution in [1.82, 2.24) is 4.98 Å². The van der Waals surface area contributed by atoms with E-state index in [9.17, 15) is 4.79 Å². The molecule has 5 heteroatoms. The SMILES string of the molecule is Nc1ncc(Cl)cc1C(=O)CC1CCOC1. The Morgan fingerprint density at radius 2 is 2.50 bits per heavy atom. The van der Waals surface area contributed by atoms with Gasteiger partial charge in [-0.1, -0.05) is 11.6 Å². The Balaban J connectivity index is 2.10. The molecule has 1 aliphatic rings. The van der Waals surface area contributed by atoms with E-state index in [1.54, 1.807) is 6.07 Å². The van der Waals surface area contributed by atoms with Crippen LogP contribution in [0.25, 0.3) is 0 Å². The maximum absolute atomic E-state index is 11.9. The van der Waals surface area contributed by atoms with Crippen molar-refractivity contribution in [1.29, 1.82) is 0 Å². The summed E-state index contributed by atoms with van der Waals surface area (Å²) >= 11 is 5.78. The van der Waals surface area contributed by atoms with Crippen molar-refractivity contribution >= 4 is 23.2 Å². The van der Waals surface area contributed by atoms with Gasteiger partial charge in [0, 0.05) is 25.8 Å². The van der Waals surface area contributed by atoms with Crippen molar-refractivity contribution < 1.29 is 9.53 Å². The van der Waals surface area contributed by atoms with Gasteiger partial charge >= 0.3 is 0 Å². The Kier molecular flexibility index (Phi) is 3.41. The van der Waals surface area contributed by atoms with Gasteiger partial charge in [-0.15, -0.1) is 0 Å². The minimum Gasteiger partial charge on any atom is -0.383 e. The molecular formula is C11H13ClN2O2. The molecule has 1 aliphatic heterocycles. The molecule has 0 radical (unpaired) electrons. The number of carbonyl (C=O) groups excluding carboxylic acids is 1. The number of nitrogen functional groups attached to an aromatic ring is 1. The number of ketones is 1. The zero-order valence-electron chi connectivity index (χ0n) is 8.78. The second-order valence-corrected chi connectivity index (χ2v) is 4.38. The number of pyridine rings is 1. The van der Waals surface area contributed by atoms with Crippen LogP contribution in [0.2, 0.25) is 5.02 Å². The van der Waals surface area contributed by atoms with Crippen LogP contribution in [-0.2, 0) is 4.74 Å². The average Bonchev–Trinajstić information content (AvgIpc) is 2.74. The van der Waals surface area contributed by atoms with E-state index in [2.05, 4.69) is 4.98 Å². The van der Waals surface area contributed by atoms with Crippen molar-refractivity contribution in [3.63, 3.8) is 0 Å². The molecule has 2 rings (SSSR count). The number of carbonyl (C=O) groups is 1. The van der Waals surface area contributed by atoms with E-state index in [1.807, 2.05) is 0 Å². The minimum absolute atomic E-state index is 0.0111. The van der Waals surface area contributed by atoms with Gasteiger partial charge in [0.25, 0.3) is 0 Å². The van der Waals surface area contributed by atoms with Crippen LogP contribution in [0.4, 0.5) is 5.82 Å². The normalized spacial score (nSPS) is 19.9. The third kappa shape index (κ3) is 2.51. The molecule has 1 aromatic rings. The summed E-state index contributed by atoms with van der Waals surface area (Å²) in [6.07, 6.45) is 2.82. The highest BCUT2D eigenvalue weighted by Gasteiger charge is 2.21. The quantitative estimate of drug-likeness (QED) is 0.820. The van der Waals surface area contributed by atoms with E-state index in [0.29, 0.717) is 29.5 Å². The van der Waals surface area contributed by atoms with Gasteiger partial charge in [0.05, 0.1) is 10.6 Å². The van der Waals surface area contributed by atoms with Crippen LogP contribution < -0.4 is 5.73 Å². The first-order valence-electron chi connectivity index (χ1n) is 5.19. The van der Waals surface area contributed by atoms with Crippen LogP contribution in [0.3, 0.4) is 0 Å². The van der Waals surface area contributed by atoms with Crippen molar-refractivity contribution in [2.75, 3.05) is 18.9 Å². The lowest BCUT2D eigenvalue weighted by Gasteiger charge is -2.08. The Morgan fingerprint density at radius 1 is 1.69 bits per heavy atom. The Morgan fingerprint density at radius 3 is 3.19 bits per heavy atom. The highest BCUT2D eigenvalue weighted by atomic mass is 35.5. The fourth-order valence-electron chi connectivity index (χ4n) is 1.79. The summed E-state index contributed by atoms with van der Waals surface area (Å²) in [5.74, 6) is 0.530. The van der Waals surface area contributed by atoms with Gasteiger partial charge in [0.15, 0.2) is 5.78 Å². The molecule has 1 atom stereocenters. The Bertz CT molecular complexity index is 403. The summed E-state index contributed by atoms with van der Waals surface area (Å²) in [5, 5.41) is 0.431. The largest absolute Gasteiger partial charge is 0.383 e. The fraction of sp³-hybridized carbons (Fsp3) is 0.455. The van der Waals surface area contributed by atoms with E-state index in [0.717, 1.165) is 13.0 Å². The molecule has 1 aromatic heterocycles. The number of hydrogen-bond acceptors (Lipinski definition) is 4. The zero-order valence-corrected chi connectivity index (χ0v) is 9.54. The summed E-state index contributed by atoms with van der Waals surface area (Å²) in [6, 6.07) is 1.57. The summed E-state index contributed by atoms with van der Waals surface area (Å²) in [7, 11) is 0. The van der Waals surface area contributed by atoms with Crippen molar-refractivity contribution in [3.8, 4) is 0 Å². The third-order valence-corrected chi connectivity index (χ3v) is 2.89. The highest BCUT2D eigenvalue weighted by molar-refractivity contribution is 6.31. The lowest BCUT2D eigenvalue weighted by molar-refractivity contribution is 0.0953. The summed E-state index contributed by atoms with van der Waals surface area (Å²) in [4.78, 5) is 15.8. The van der Waals surface area contributed by atoms with Crippen LogP contribution in [-0.4, -0.2) is 24.0 Å². The first kappa shape index (κ1) is 11.4. The van der Waals surface area contributed by atoms with Gasteiger partial charge in [-0.3, -0.25) is 4.79 Å². The number of nitrogens with zero attached hydrogens (tertiary/aromatic N) is 1. The number of nitrogens with two attached hydrogens (primary N) is 1. The number of anilines is 1. The summed E-state index contributed by atoms with van der Waals surface area (Å²) in [6.45, 7) is 1.39. The summed E-state index contributed by atoms with van der Waals surface area (Å²) < 4.78 is 5.22. The number of halogens is 1. The molecule has 1 fully saturated rings. The number of ether oxygens (including phenoxy) is 1. The van der Waals surface area contributed by atoms with E-state index in [4.69, 9.17) is 22.1 Å². The Labute approximate surface area is 98.8 Å². The molecule has 16 heavy (non-hydrogen) atoms. The van der Waals surface area contributed by atoms with Gasteiger partial charge in [-0.25, -0.2) is 4.98 Å². The molecule has 0 aliphatic carbocycles. The number of rotatable bonds is 3. The Hall–Kier alpha value is -1.13. The standard InChI is InChI=1S/C11H13ClN2O2/c12-8-4-9(11(13)14-5-8)10(15)3-7-1-2-16-6-7/h4-5,7H,1-3,6H2,(H2,13,14). The molecule has 0 saturated carbocycles. The van der Waals surface area contributed by atoms with Gasteiger partial charge in [0.2, 0.25) is 0 Å². The van der Waals surface area contributed by atoms with Gasteiger partial charge in [-0.05, 0) is 18.4 Å². The predicted octanol–water partition coefficient (Wildman–Crippen LogP) is 1.93. The molecule has 0 bridgehead atoms. The first-order chi connectivity index (χ1) is 7.66. The molecule has 0 amide bonds. The second kappa shape index (κ2) is 4.80. The van der Waals surface area contributed by atoms with E-state index in [1.165, 1.54) is 6.20 Å². The monoisotopic (exact) mass is 240 g/mol. The van der Waals surface area contributed by atoms with E-state index < -0.39 is 0 Å². The smallest absolute Gasteiger partial charge is 0.166 e. The van der Waals surface area contributed by atoms with Gasteiger partial charge in [-0.2, -0.15) is 0 Å². The number of aromatic nitrogens is 1.